The largest absolute Gasteiger partial charge is 0.448 e. The molecular weight excluding hydrogens is 352 g/mol. The average molecular weight is 366 g/mol. The number of fused-ring (bicyclic) bond motifs is 2. The third-order valence-electron chi connectivity index (χ3n) is 4.42. The molecule has 0 unspecified atom stereocenters. The number of carbonyl (C=O) groups excluding carboxylic acids is 1. The lowest BCUT2D eigenvalue weighted by atomic mass is 10.1. The first-order chi connectivity index (χ1) is 12.3. The zero-order valence-corrected chi connectivity index (χ0v) is 14.9. The van der Waals surface area contributed by atoms with Crippen LogP contribution in [-0.2, 0) is 13.0 Å². The molecule has 3 aromatic heterocycles. The van der Waals surface area contributed by atoms with Crippen molar-refractivity contribution in [3.05, 3.63) is 64.0 Å². The summed E-state index contributed by atoms with van der Waals surface area (Å²) < 4.78 is 6.96. The minimum absolute atomic E-state index is 0.0517. The van der Waals surface area contributed by atoms with Crippen molar-refractivity contribution in [2.45, 2.75) is 13.0 Å². The zero-order valence-electron chi connectivity index (χ0n) is 13.3. The van der Waals surface area contributed by atoms with E-state index < -0.39 is 0 Å². The van der Waals surface area contributed by atoms with Gasteiger partial charge < -0.3 is 9.32 Å². The first kappa shape index (κ1) is 14.9. The Balaban J connectivity index is 1.41. The summed E-state index contributed by atoms with van der Waals surface area (Å²) in [6.07, 6.45) is 0.921. The van der Waals surface area contributed by atoms with E-state index in [-0.39, 0.29) is 5.91 Å². The van der Waals surface area contributed by atoms with E-state index >= 15 is 0 Å². The molecule has 1 amide bonds. The summed E-state index contributed by atoms with van der Waals surface area (Å²) in [6, 6.07) is 13.7. The van der Waals surface area contributed by atoms with Crippen LogP contribution in [0, 0.1) is 0 Å². The van der Waals surface area contributed by atoms with Gasteiger partial charge in [-0.2, -0.15) is 0 Å². The molecule has 6 heteroatoms. The number of nitrogens with zero attached hydrogens (tertiary/aromatic N) is 2. The Bertz CT molecular complexity index is 1040. The highest BCUT2D eigenvalue weighted by Crippen LogP contribution is 2.32. The maximum atomic E-state index is 12.8. The van der Waals surface area contributed by atoms with Gasteiger partial charge in [0.05, 0.1) is 10.2 Å². The van der Waals surface area contributed by atoms with Crippen LogP contribution in [0.4, 0.5) is 0 Å². The maximum Gasteiger partial charge on any atom is 0.289 e. The van der Waals surface area contributed by atoms with E-state index in [9.17, 15) is 4.79 Å². The number of carbonyl (C=O) groups is 1. The fourth-order valence-electron chi connectivity index (χ4n) is 3.12. The monoisotopic (exact) mass is 366 g/mol. The Kier molecular flexibility index (Phi) is 3.46. The summed E-state index contributed by atoms with van der Waals surface area (Å²) >= 11 is 3.34. The van der Waals surface area contributed by atoms with Gasteiger partial charge in [-0.15, -0.1) is 22.7 Å². The predicted octanol–water partition coefficient (Wildman–Crippen LogP) is 4.82. The molecule has 124 valence electrons. The molecule has 4 nitrogen and oxygen atoms in total. The molecule has 0 N–H and O–H groups in total. The average Bonchev–Trinajstić information content (AvgIpc) is 3.37. The Hall–Kier alpha value is -2.44. The van der Waals surface area contributed by atoms with Crippen LogP contribution in [0.15, 0.2) is 52.3 Å². The molecule has 0 saturated heterocycles. The first-order valence-corrected chi connectivity index (χ1v) is 9.78. The van der Waals surface area contributed by atoms with Gasteiger partial charge in [0, 0.05) is 18.0 Å². The molecule has 0 fully saturated rings. The molecule has 1 aliphatic heterocycles. The van der Waals surface area contributed by atoms with Gasteiger partial charge in [-0.25, -0.2) is 4.98 Å². The van der Waals surface area contributed by atoms with Crippen LogP contribution in [-0.4, -0.2) is 22.3 Å². The van der Waals surface area contributed by atoms with Crippen molar-refractivity contribution in [3.63, 3.8) is 0 Å². The number of hydrogen-bond donors (Lipinski definition) is 0. The van der Waals surface area contributed by atoms with E-state index in [2.05, 4.69) is 16.4 Å². The standard InChI is InChI=1S/C19H14N2O2S2/c22-19(21-9-7-16-12(11-21)8-10-24-16)15-6-5-14(23-15)18-20-13-3-1-2-4-17(13)25-18/h1-6,8,10H,7,9,11H2. The maximum absolute atomic E-state index is 12.8. The minimum atomic E-state index is -0.0517. The molecule has 0 bridgehead atoms. The van der Waals surface area contributed by atoms with Gasteiger partial charge in [0.2, 0.25) is 0 Å². The van der Waals surface area contributed by atoms with E-state index in [1.54, 1.807) is 28.7 Å². The van der Waals surface area contributed by atoms with Gasteiger partial charge >= 0.3 is 0 Å². The smallest absolute Gasteiger partial charge is 0.289 e. The fourth-order valence-corrected chi connectivity index (χ4v) is 4.94. The number of furan rings is 1. The Morgan fingerprint density at radius 3 is 3.00 bits per heavy atom. The van der Waals surface area contributed by atoms with E-state index in [1.807, 2.05) is 35.2 Å². The fraction of sp³-hybridized carbons (Fsp3) is 0.158. The van der Waals surface area contributed by atoms with Gasteiger partial charge in [0.1, 0.15) is 0 Å². The van der Waals surface area contributed by atoms with Crippen LogP contribution in [0.25, 0.3) is 21.0 Å². The van der Waals surface area contributed by atoms with Crippen molar-refractivity contribution < 1.29 is 9.21 Å². The van der Waals surface area contributed by atoms with Gasteiger partial charge in [-0.3, -0.25) is 4.79 Å². The third kappa shape index (κ3) is 2.58. The molecule has 0 aliphatic carbocycles. The van der Waals surface area contributed by atoms with Crippen LogP contribution < -0.4 is 0 Å². The van der Waals surface area contributed by atoms with Gasteiger partial charge in [-0.1, -0.05) is 12.1 Å². The SMILES string of the molecule is O=C(c1ccc(-c2nc3ccccc3s2)o1)N1CCc2sccc2C1. The van der Waals surface area contributed by atoms with Crippen LogP contribution >= 0.6 is 22.7 Å². The second-order valence-electron chi connectivity index (χ2n) is 6.00. The number of thiophene rings is 1. The number of amides is 1. The summed E-state index contributed by atoms with van der Waals surface area (Å²) in [4.78, 5) is 20.6. The number of aromatic nitrogens is 1. The molecule has 0 spiro atoms. The zero-order chi connectivity index (χ0) is 16.8. The molecule has 25 heavy (non-hydrogen) atoms. The lowest BCUT2D eigenvalue weighted by Gasteiger charge is -2.26. The molecule has 0 radical (unpaired) electrons. The van der Waals surface area contributed by atoms with E-state index in [4.69, 9.17) is 4.42 Å². The highest BCUT2D eigenvalue weighted by molar-refractivity contribution is 7.21. The van der Waals surface area contributed by atoms with Crippen LogP contribution in [0.3, 0.4) is 0 Å². The van der Waals surface area contributed by atoms with Gasteiger partial charge in [0.15, 0.2) is 16.5 Å². The van der Waals surface area contributed by atoms with E-state index in [0.29, 0.717) is 18.1 Å². The second-order valence-corrected chi connectivity index (χ2v) is 8.03. The summed E-state index contributed by atoms with van der Waals surface area (Å²) in [5.74, 6) is 0.981. The lowest BCUT2D eigenvalue weighted by Crippen LogP contribution is -2.35. The van der Waals surface area contributed by atoms with Crippen molar-refractivity contribution in [3.8, 4) is 10.8 Å². The van der Waals surface area contributed by atoms with Crippen molar-refractivity contribution in [2.24, 2.45) is 0 Å². The van der Waals surface area contributed by atoms with Crippen molar-refractivity contribution in [1.82, 2.24) is 9.88 Å². The number of hydrogen-bond acceptors (Lipinski definition) is 5. The van der Waals surface area contributed by atoms with Crippen LogP contribution in [0.5, 0.6) is 0 Å². The molecule has 1 aromatic carbocycles. The van der Waals surface area contributed by atoms with E-state index in [1.165, 1.54) is 10.4 Å². The summed E-state index contributed by atoms with van der Waals surface area (Å²) in [5, 5.41) is 2.90. The van der Waals surface area contributed by atoms with Gasteiger partial charge in [-0.05, 0) is 47.7 Å². The Morgan fingerprint density at radius 2 is 2.08 bits per heavy atom. The quantitative estimate of drug-likeness (QED) is 0.511. The predicted molar refractivity (Wildman–Crippen MR) is 100 cm³/mol. The highest BCUT2D eigenvalue weighted by Gasteiger charge is 2.25. The molecule has 5 rings (SSSR count). The molecular formula is C19H14N2O2S2. The van der Waals surface area contributed by atoms with Gasteiger partial charge in [0.25, 0.3) is 5.91 Å². The molecule has 4 heterocycles. The lowest BCUT2D eigenvalue weighted by molar-refractivity contribution is 0.0704. The molecule has 1 aliphatic rings. The van der Waals surface area contributed by atoms with Crippen LogP contribution in [0.2, 0.25) is 0 Å². The summed E-state index contributed by atoms with van der Waals surface area (Å²) in [7, 11) is 0. The van der Waals surface area contributed by atoms with Crippen LogP contribution in [0.1, 0.15) is 21.0 Å². The summed E-state index contributed by atoms with van der Waals surface area (Å²) in [6.45, 7) is 1.40. The topological polar surface area (TPSA) is 46.3 Å². The molecule has 4 aromatic rings. The highest BCUT2D eigenvalue weighted by atomic mass is 32.1. The molecule has 0 atom stereocenters. The normalized spacial score (nSPS) is 14.0. The number of benzene rings is 1. The van der Waals surface area contributed by atoms with Crippen molar-refractivity contribution >= 4 is 38.8 Å². The minimum Gasteiger partial charge on any atom is -0.448 e. The summed E-state index contributed by atoms with van der Waals surface area (Å²) in [5.41, 5.74) is 2.20. The number of thiazole rings is 1. The number of rotatable bonds is 2. The Morgan fingerprint density at radius 1 is 1.16 bits per heavy atom. The first-order valence-electron chi connectivity index (χ1n) is 8.08. The second kappa shape index (κ2) is 5.82. The van der Waals surface area contributed by atoms with Crippen molar-refractivity contribution in [2.75, 3.05) is 6.54 Å². The molecule has 0 saturated carbocycles. The third-order valence-corrected chi connectivity index (χ3v) is 6.49. The number of para-hydroxylation sites is 1. The van der Waals surface area contributed by atoms with Crippen molar-refractivity contribution in [1.29, 1.82) is 0 Å². The Labute approximate surface area is 152 Å². The van der Waals surface area contributed by atoms with E-state index in [0.717, 1.165) is 28.2 Å².